The van der Waals surface area contributed by atoms with E-state index in [1.807, 2.05) is 0 Å². The van der Waals surface area contributed by atoms with E-state index >= 15 is 0 Å². The summed E-state index contributed by atoms with van der Waals surface area (Å²) in [5.74, 6) is -0.329. The molecule has 3 nitrogen and oxygen atoms in total. The summed E-state index contributed by atoms with van der Waals surface area (Å²) in [4.78, 5) is 13.2. The fourth-order valence-electron chi connectivity index (χ4n) is 1.41. The van der Waals surface area contributed by atoms with Crippen molar-refractivity contribution in [2.24, 2.45) is 0 Å². The summed E-state index contributed by atoms with van der Waals surface area (Å²) in [6, 6.07) is 6.23. The highest BCUT2D eigenvalue weighted by molar-refractivity contribution is 5.81. The Labute approximate surface area is 95.3 Å². The topological polar surface area (TPSA) is 32.3 Å². The van der Waals surface area contributed by atoms with Gasteiger partial charge >= 0.3 is 0 Å². The lowest BCUT2D eigenvalue weighted by molar-refractivity contribution is -0.132. The van der Waals surface area contributed by atoms with E-state index in [1.54, 1.807) is 39.2 Å². The Hall–Kier alpha value is -1.42. The number of hydrogen-bond acceptors (Lipinski definition) is 2. The zero-order valence-electron chi connectivity index (χ0n) is 9.83. The maximum Gasteiger partial charge on any atom is 0.239 e. The van der Waals surface area contributed by atoms with Crippen LogP contribution in [0.25, 0.3) is 0 Å². The minimum atomic E-state index is -0.278. The first kappa shape index (κ1) is 12.6. The first-order chi connectivity index (χ1) is 7.56. The number of nitrogens with one attached hydrogen (secondary N) is 1. The molecule has 1 unspecified atom stereocenters. The fourth-order valence-corrected chi connectivity index (χ4v) is 1.41. The minimum absolute atomic E-state index is 0.0502. The summed E-state index contributed by atoms with van der Waals surface area (Å²) < 4.78 is 13.3. The van der Waals surface area contributed by atoms with Gasteiger partial charge in [0.05, 0.1) is 6.04 Å². The van der Waals surface area contributed by atoms with Gasteiger partial charge in [0.1, 0.15) is 5.82 Å². The van der Waals surface area contributed by atoms with Gasteiger partial charge < -0.3 is 10.2 Å². The average Bonchev–Trinajstić information content (AvgIpc) is 2.30. The number of carbonyl (C=O) groups excluding carboxylic acids is 1. The smallest absolute Gasteiger partial charge is 0.239 e. The number of halogens is 1. The third kappa shape index (κ3) is 3.03. The molecule has 16 heavy (non-hydrogen) atoms. The predicted molar refractivity (Wildman–Crippen MR) is 61.4 cm³/mol. The molecule has 0 saturated carbocycles. The molecule has 0 heterocycles. The van der Waals surface area contributed by atoms with Crippen LogP contribution in [0.4, 0.5) is 4.39 Å². The summed E-state index contributed by atoms with van der Waals surface area (Å²) >= 11 is 0. The van der Waals surface area contributed by atoms with Gasteiger partial charge in [-0.1, -0.05) is 18.2 Å². The molecule has 1 amide bonds. The lowest BCUT2D eigenvalue weighted by Crippen LogP contribution is -2.41. The molecule has 0 aliphatic heterocycles. The van der Waals surface area contributed by atoms with Crippen molar-refractivity contribution >= 4 is 5.91 Å². The molecule has 1 aromatic carbocycles. The van der Waals surface area contributed by atoms with Gasteiger partial charge in [-0.05, 0) is 20.0 Å². The van der Waals surface area contributed by atoms with Crippen LogP contribution in [0, 0.1) is 5.82 Å². The summed E-state index contributed by atoms with van der Waals surface area (Å²) in [6.07, 6.45) is 0. The van der Waals surface area contributed by atoms with Gasteiger partial charge in [-0.15, -0.1) is 0 Å². The van der Waals surface area contributed by atoms with Crippen LogP contribution in [0.3, 0.4) is 0 Å². The highest BCUT2D eigenvalue weighted by Gasteiger charge is 2.16. The maximum absolute atomic E-state index is 13.3. The van der Waals surface area contributed by atoms with Crippen molar-refractivity contribution in [1.82, 2.24) is 10.2 Å². The van der Waals surface area contributed by atoms with Crippen molar-refractivity contribution in [3.8, 4) is 0 Å². The van der Waals surface area contributed by atoms with E-state index in [1.165, 1.54) is 11.0 Å². The molecule has 0 fully saturated rings. The van der Waals surface area contributed by atoms with Crippen LogP contribution in [-0.4, -0.2) is 30.9 Å². The summed E-state index contributed by atoms with van der Waals surface area (Å²) in [7, 11) is 3.39. The highest BCUT2D eigenvalue weighted by atomic mass is 19.1. The predicted octanol–water partition coefficient (Wildman–Crippen LogP) is 1.39. The fraction of sp³-hybridized carbons (Fsp3) is 0.417. The van der Waals surface area contributed by atoms with Crippen molar-refractivity contribution in [2.45, 2.75) is 19.5 Å². The monoisotopic (exact) mass is 224 g/mol. The zero-order valence-corrected chi connectivity index (χ0v) is 9.83. The second-order valence-electron chi connectivity index (χ2n) is 3.80. The molecule has 0 radical (unpaired) electrons. The van der Waals surface area contributed by atoms with Crippen LogP contribution in [0.1, 0.15) is 12.5 Å². The van der Waals surface area contributed by atoms with E-state index in [0.29, 0.717) is 5.56 Å². The number of likely N-dealkylation sites (N-methyl/N-ethyl adjacent to an activating group) is 2. The molecule has 0 spiro atoms. The Balaban J connectivity index is 2.68. The molecule has 1 aromatic rings. The summed E-state index contributed by atoms with van der Waals surface area (Å²) in [6.45, 7) is 2.07. The molecule has 1 N–H and O–H groups in total. The normalized spacial score (nSPS) is 12.2. The molecular weight excluding hydrogens is 207 g/mol. The highest BCUT2D eigenvalue weighted by Crippen LogP contribution is 2.09. The lowest BCUT2D eigenvalue weighted by atomic mass is 10.2. The van der Waals surface area contributed by atoms with Crippen molar-refractivity contribution in [3.05, 3.63) is 35.6 Å². The van der Waals surface area contributed by atoms with Crippen molar-refractivity contribution in [2.75, 3.05) is 14.1 Å². The largest absolute Gasteiger partial charge is 0.340 e. The third-order valence-corrected chi connectivity index (χ3v) is 2.55. The van der Waals surface area contributed by atoms with Crippen LogP contribution in [0.15, 0.2) is 24.3 Å². The molecule has 0 aliphatic rings. The Morgan fingerprint density at radius 2 is 2.12 bits per heavy atom. The molecule has 0 bridgehead atoms. The zero-order chi connectivity index (χ0) is 12.1. The van der Waals surface area contributed by atoms with Gasteiger partial charge in [-0.3, -0.25) is 4.79 Å². The Kier molecular flexibility index (Phi) is 4.43. The van der Waals surface area contributed by atoms with Crippen LogP contribution in [0.2, 0.25) is 0 Å². The standard InChI is InChI=1S/C12H17FN2O/c1-9(14-2)12(16)15(3)8-10-6-4-5-7-11(10)13/h4-7,9,14H,8H2,1-3H3. The van der Waals surface area contributed by atoms with Gasteiger partial charge in [-0.2, -0.15) is 0 Å². The van der Waals surface area contributed by atoms with Gasteiger partial charge in [0.15, 0.2) is 0 Å². The van der Waals surface area contributed by atoms with Gasteiger partial charge in [-0.25, -0.2) is 4.39 Å². The van der Waals surface area contributed by atoms with Gasteiger partial charge in [0, 0.05) is 19.2 Å². The van der Waals surface area contributed by atoms with E-state index < -0.39 is 0 Å². The third-order valence-electron chi connectivity index (χ3n) is 2.55. The molecule has 88 valence electrons. The Bertz CT molecular complexity index is 368. The van der Waals surface area contributed by atoms with Crippen molar-refractivity contribution in [1.29, 1.82) is 0 Å². The SMILES string of the molecule is CNC(C)C(=O)N(C)Cc1ccccc1F. The molecule has 0 aliphatic carbocycles. The molecule has 4 heteroatoms. The molecule has 1 atom stereocenters. The second kappa shape index (κ2) is 5.61. The number of hydrogen-bond donors (Lipinski definition) is 1. The van der Waals surface area contributed by atoms with E-state index in [0.717, 1.165) is 0 Å². The van der Waals surface area contributed by atoms with E-state index in [-0.39, 0.29) is 24.3 Å². The lowest BCUT2D eigenvalue weighted by Gasteiger charge is -2.21. The van der Waals surface area contributed by atoms with E-state index in [4.69, 9.17) is 0 Å². The summed E-state index contributed by atoms with van der Waals surface area (Å²) in [5, 5.41) is 2.86. The van der Waals surface area contributed by atoms with Crippen LogP contribution in [0.5, 0.6) is 0 Å². The number of carbonyl (C=O) groups is 1. The van der Waals surface area contributed by atoms with Crippen molar-refractivity contribution in [3.63, 3.8) is 0 Å². The number of amides is 1. The molecule has 0 aromatic heterocycles. The van der Waals surface area contributed by atoms with Crippen LogP contribution >= 0.6 is 0 Å². The van der Waals surface area contributed by atoms with E-state index in [9.17, 15) is 9.18 Å². The second-order valence-corrected chi connectivity index (χ2v) is 3.80. The van der Waals surface area contributed by atoms with Gasteiger partial charge in [0.2, 0.25) is 5.91 Å². The first-order valence-corrected chi connectivity index (χ1v) is 5.22. The average molecular weight is 224 g/mol. The quantitative estimate of drug-likeness (QED) is 0.838. The molecular formula is C12H17FN2O. The Morgan fingerprint density at radius 1 is 1.50 bits per heavy atom. The number of nitrogens with zero attached hydrogens (tertiary/aromatic N) is 1. The van der Waals surface area contributed by atoms with Crippen LogP contribution in [-0.2, 0) is 11.3 Å². The maximum atomic E-state index is 13.3. The van der Waals surface area contributed by atoms with Crippen LogP contribution < -0.4 is 5.32 Å². The van der Waals surface area contributed by atoms with Gasteiger partial charge in [0.25, 0.3) is 0 Å². The minimum Gasteiger partial charge on any atom is -0.340 e. The first-order valence-electron chi connectivity index (χ1n) is 5.22. The number of benzene rings is 1. The van der Waals surface area contributed by atoms with E-state index in [2.05, 4.69) is 5.32 Å². The summed E-state index contributed by atoms with van der Waals surface area (Å²) in [5.41, 5.74) is 0.529. The molecule has 1 rings (SSSR count). The Morgan fingerprint density at radius 3 is 2.69 bits per heavy atom. The number of rotatable bonds is 4. The van der Waals surface area contributed by atoms with Crippen molar-refractivity contribution < 1.29 is 9.18 Å². The molecule has 0 saturated heterocycles.